The highest BCUT2D eigenvalue weighted by atomic mass is 32.2. The maximum atomic E-state index is 12.1. The van der Waals surface area contributed by atoms with Gasteiger partial charge in [-0.05, 0) is 87.9 Å². The fourth-order valence-corrected chi connectivity index (χ4v) is 8.36. The fourth-order valence-electron chi connectivity index (χ4n) is 7.35. The smallest absolute Gasteiger partial charge is 0.303 e. The molecule has 286 valence electrons. The normalized spacial score (nSPS) is 17.2. The number of hydrogen-bond donors (Lipinski definition) is 4. The van der Waals surface area contributed by atoms with Crippen molar-refractivity contribution >= 4 is 49.3 Å². The van der Waals surface area contributed by atoms with Gasteiger partial charge in [0.25, 0.3) is 20.2 Å². The maximum absolute atomic E-state index is 12.1. The quantitative estimate of drug-likeness (QED) is 0.0753. The van der Waals surface area contributed by atoms with Crippen LogP contribution < -0.4 is 4.90 Å². The van der Waals surface area contributed by atoms with Crippen LogP contribution in [0, 0.1) is 0 Å². The third kappa shape index (κ3) is 9.18. The summed E-state index contributed by atoms with van der Waals surface area (Å²) in [4.78, 5) is 23.9. The lowest BCUT2D eigenvalue weighted by Gasteiger charge is -2.27. The van der Waals surface area contributed by atoms with E-state index in [1.165, 1.54) is 24.3 Å². The van der Waals surface area contributed by atoms with Crippen LogP contribution in [0.15, 0.2) is 69.6 Å². The maximum Gasteiger partial charge on any atom is 0.303 e. The van der Waals surface area contributed by atoms with Gasteiger partial charge in [-0.3, -0.25) is 18.7 Å². The summed E-state index contributed by atoms with van der Waals surface area (Å²) in [7, 11) is -8.91. The molecule has 2 aliphatic rings. The summed E-state index contributed by atoms with van der Waals surface area (Å²) in [5.41, 5.74) is 4.50. The number of carboxylic acid groups (broad SMARTS) is 2. The lowest BCUT2D eigenvalue weighted by molar-refractivity contribution is -0.438. The summed E-state index contributed by atoms with van der Waals surface area (Å²) < 4.78 is 70.3. The van der Waals surface area contributed by atoms with Gasteiger partial charge in [0.1, 0.15) is 6.54 Å². The molecule has 2 heterocycles. The van der Waals surface area contributed by atoms with Gasteiger partial charge >= 0.3 is 11.9 Å². The van der Waals surface area contributed by atoms with E-state index >= 15 is 0 Å². The molecule has 0 fully saturated rings. The van der Waals surface area contributed by atoms with E-state index in [0.717, 1.165) is 39.5 Å². The molecule has 15 heteroatoms. The summed E-state index contributed by atoms with van der Waals surface area (Å²) in [5.74, 6) is -1.70. The van der Waals surface area contributed by atoms with Gasteiger partial charge in [0.15, 0.2) is 5.71 Å². The molecule has 0 unspecified atom stereocenters. The first-order valence-corrected chi connectivity index (χ1v) is 20.1. The molecule has 0 bridgehead atoms. The average molecular weight is 763 g/mol. The van der Waals surface area contributed by atoms with Crippen molar-refractivity contribution in [2.75, 3.05) is 18.0 Å². The molecule has 2 aliphatic heterocycles. The molecule has 2 aromatic rings. The molecular weight excluding hydrogens is 713 g/mol. The number of nitrogens with zero attached hydrogens (tertiary/aromatic N) is 2. The van der Waals surface area contributed by atoms with Gasteiger partial charge in [0.2, 0.25) is 5.69 Å². The van der Waals surface area contributed by atoms with Crippen molar-refractivity contribution in [1.82, 2.24) is 0 Å². The number of aliphatic carboxylic acids is 2. The van der Waals surface area contributed by atoms with E-state index in [-0.39, 0.29) is 28.1 Å². The zero-order valence-electron chi connectivity index (χ0n) is 30.3. The van der Waals surface area contributed by atoms with E-state index < -0.39 is 43.0 Å². The van der Waals surface area contributed by atoms with Gasteiger partial charge < -0.3 is 20.6 Å². The molecule has 0 aliphatic carbocycles. The van der Waals surface area contributed by atoms with Crippen molar-refractivity contribution in [2.45, 2.75) is 113 Å². The van der Waals surface area contributed by atoms with Crippen LogP contribution in [-0.4, -0.2) is 76.9 Å². The minimum absolute atomic E-state index is 0. The number of benzene rings is 2. The van der Waals surface area contributed by atoms with Crippen molar-refractivity contribution in [3.8, 4) is 0 Å². The van der Waals surface area contributed by atoms with E-state index in [9.17, 15) is 35.5 Å². The number of unbranched alkanes of at least 4 members (excludes halogenated alkanes) is 4. The lowest BCUT2D eigenvalue weighted by Crippen LogP contribution is -2.31. The van der Waals surface area contributed by atoms with Crippen LogP contribution in [0.2, 0.25) is 0 Å². The second kappa shape index (κ2) is 16.4. The van der Waals surface area contributed by atoms with Crippen LogP contribution in [-0.2, 0) is 40.7 Å². The monoisotopic (exact) mass is 762 g/mol. The largest absolute Gasteiger partial charge is 0.870 e. The zero-order valence-corrected chi connectivity index (χ0v) is 31.9. The Kier molecular flexibility index (Phi) is 13.4. The molecule has 4 rings (SSSR count). The van der Waals surface area contributed by atoms with Gasteiger partial charge in [0.05, 0.1) is 15.2 Å². The van der Waals surface area contributed by atoms with Crippen molar-refractivity contribution < 1.29 is 55.8 Å². The first-order chi connectivity index (χ1) is 23.7. The Bertz CT molecular complexity index is 2010. The van der Waals surface area contributed by atoms with Gasteiger partial charge in [-0.15, -0.1) is 0 Å². The van der Waals surface area contributed by atoms with Gasteiger partial charge in [-0.25, -0.2) is 0 Å². The molecule has 5 N–H and O–H groups in total. The number of fused-ring (bicyclic) bond motifs is 2. The molecule has 0 aromatic heterocycles. The Morgan fingerprint density at radius 1 is 0.769 bits per heavy atom. The molecule has 0 spiro atoms. The van der Waals surface area contributed by atoms with Crippen LogP contribution in [0.4, 0.5) is 11.4 Å². The van der Waals surface area contributed by atoms with Crippen LogP contribution in [0.5, 0.6) is 0 Å². The standard InChI is InChI=1S/C37H48N2O10S2.H2O/c1-6-25(35-37(4,5)29-24-27(51(47,48)49)17-19-31(29)39(35)22-12-8-10-14-34(42)43)15-20-32-36(2,3)28-23-26(50(44,45)46)16-18-30(28)38(32)21-11-7-9-13-33(40)41;/h15-20,23-24H,6-14,21-22H2,1-5H3,(H3-,40,41,42,43,44,45,46,47,48,49);1H2. The molecule has 0 radical (unpaired) electrons. The predicted octanol–water partition coefficient (Wildman–Crippen LogP) is 6.69. The van der Waals surface area contributed by atoms with E-state index in [1.54, 1.807) is 12.1 Å². The van der Waals surface area contributed by atoms with Crippen molar-refractivity contribution in [3.63, 3.8) is 0 Å². The molecule has 2 aromatic carbocycles. The summed E-state index contributed by atoms with van der Waals surface area (Å²) in [6.45, 7) is 11.1. The van der Waals surface area contributed by atoms with Crippen LogP contribution in [0.25, 0.3) is 0 Å². The third-order valence-corrected chi connectivity index (χ3v) is 11.6. The molecule has 13 nitrogen and oxygen atoms in total. The molecule has 0 saturated carbocycles. The highest BCUT2D eigenvalue weighted by Crippen LogP contribution is 2.49. The van der Waals surface area contributed by atoms with Gasteiger partial charge in [-0.1, -0.05) is 33.3 Å². The van der Waals surface area contributed by atoms with Crippen LogP contribution in [0.3, 0.4) is 0 Å². The van der Waals surface area contributed by atoms with Crippen LogP contribution >= 0.6 is 0 Å². The van der Waals surface area contributed by atoms with Gasteiger partial charge in [-0.2, -0.15) is 21.4 Å². The molecular formula is C37H50N2O11S2. The Morgan fingerprint density at radius 2 is 1.31 bits per heavy atom. The number of carbonyl (C=O) groups is 2. The third-order valence-electron chi connectivity index (χ3n) is 9.93. The second-order valence-electron chi connectivity index (χ2n) is 14.2. The Hall–Kier alpha value is -3.89. The number of carboxylic acids is 2. The SMILES string of the molecule is CC/C(=C/C=C1\N(CCCCCC(=O)O)c2ccc(S(=O)(=O)O)cc2C1(C)C)C1=[N+](CCCCCC(=O)O)c2ccc(S(=O)(=O)O)cc2C1(C)C.[OH-]. The second-order valence-corrected chi connectivity index (χ2v) is 17.1. The zero-order chi connectivity index (χ0) is 37.9. The Balaban J connectivity index is 0.00000729. The Labute approximate surface area is 306 Å². The van der Waals surface area contributed by atoms with Gasteiger partial charge in [0, 0.05) is 59.8 Å². The van der Waals surface area contributed by atoms with Crippen molar-refractivity contribution in [1.29, 1.82) is 0 Å². The number of anilines is 1. The summed E-state index contributed by atoms with van der Waals surface area (Å²) in [6.07, 6.45) is 8.61. The number of hydrogen-bond acceptors (Lipinski definition) is 8. The summed E-state index contributed by atoms with van der Waals surface area (Å²) >= 11 is 0. The first-order valence-electron chi connectivity index (χ1n) is 17.2. The lowest BCUT2D eigenvalue weighted by atomic mass is 9.78. The molecule has 0 amide bonds. The summed E-state index contributed by atoms with van der Waals surface area (Å²) in [5, 5.41) is 18.2. The topological polar surface area (TPSA) is 220 Å². The number of allylic oxidation sites excluding steroid dienone is 4. The highest BCUT2D eigenvalue weighted by Gasteiger charge is 2.47. The van der Waals surface area contributed by atoms with E-state index in [2.05, 4.69) is 9.48 Å². The van der Waals surface area contributed by atoms with Crippen LogP contribution in [0.1, 0.15) is 104 Å². The molecule has 0 atom stereocenters. The molecule has 0 saturated heterocycles. The summed E-state index contributed by atoms with van der Waals surface area (Å²) in [6, 6.07) is 9.16. The highest BCUT2D eigenvalue weighted by molar-refractivity contribution is 7.86. The Morgan fingerprint density at radius 3 is 1.85 bits per heavy atom. The predicted molar refractivity (Wildman–Crippen MR) is 196 cm³/mol. The minimum Gasteiger partial charge on any atom is -0.870 e. The minimum atomic E-state index is -4.46. The average Bonchev–Trinajstić information content (AvgIpc) is 3.38. The first kappa shape index (κ1) is 42.5. The molecule has 52 heavy (non-hydrogen) atoms. The van der Waals surface area contributed by atoms with E-state index in [1.807, 2.05) is 46.8 Å². The van der Waals surface area contributed by atoms with Crippen molar-refractivity contribution in [3.05, 3.63) is 70.9 Å². The van der Waals surface area contributed by atoms with E-state index in [0.29, 0.717) is 58.0 Å². The van der Waals surface area contributed by atoms with E-state index in [4.69, 9.17) is 10.2 Å². The van der Waals surface area contributed by atoms with Crippen molar-refractivity contribution in [2.24, 2.45) is 0 Å². The number of rotatable bonds is 17. The fraction of sp³-hybridized carbons (Fsp3) is 0.486.